The van der Waals surface area contributed by atoms with Gasteiger partial charge in [-0.05, 0) is 36.4 Å². The Morgan fingerprint density at radius 3 is 2.86 bits per heavy atom. The van der Waals surface area contributed by atoms with Gasteiger partial charge in [0.2, 0.25) is 0 Å². The Labute approximate surface area is 124 Å². The lowest BCUT2D eigenvalue weighted by molar-refractivity contribution is 0.209. The molecular formula is C17H19N3O. The van der Waals surface area contributed by atoms with Crippen molar-refractivity contribution in [2.24, 2.45) is 0 Å². The standard InChI is InChI=1S/C17H19N3O/c1-3-13-10-16(20(4-2)19-13)17(21)14-7-5-6-12-8-9-18-11-15(12)14/h5-11,17,21H,3-4H2,1-2H3. The van der Waals surface area contributed by atoms with E-state index in [1.54, 1.807) is 12.4 Å². The summed E-state index contributed by atoms with van der Waals surface area (Å²) in [5.74, 6) is 0. The second-order valence-electron chi connectivity index (χ2n) is 5.08. The van der Waals surface area contributed by atoms with Gasteiger partial charge >= 0.3 is 0 Å². The molecule has 0 aliphatic carbocycles. The molecule has 0 fully saturated rings. The van der Waals surface area contributed by atoms with Crippen LogP contribution in [0.1, 0.15) is 36.9 Å². The molecule has 3 aromatic rings. The van der Waals surface area contributed by atoms with E-state index in [-0.39, 0.29) is 0 Å². The zero-order valence-corrected chi connectivity index (χ0v) is 12.3. The molecule has 2 heterocycles. The van der Waals surface area contributed by atoms with Crippen LogP contribution in [0.2, 0.25) is 0 Å². The molecule has 1 aromatic carbocycles. The minimum atomic E-state index is -0.689. The summed E-state index contributed by atoms with van der Waals surface area (Å²) >= 11 is 0. The summed E-state index contributed by atoms with van der Waals surface area (Å²) in [6.45, 7) is 4.85. The smallest absolute Gasteiger partial charge is 0.121 e. The van der Waals surface area contributed by atoms with E-state index >= 15 is 0 Å². The molecular weight excluding hydrogens is 262 g/mol. The largest absolute Gasteiger partial charge is 0.382 e. The third-order valence-corrected chi connectivity index (χ3v) is 3.82. The highest BCUT2D eigenvalue weighted by atomic mass is 16.3. The maximum absolute atomic E-state index is 10.8. The lowest BCUT2D eigenvalue weighted by Crippen LogP contribution is -2.09. The van der Waals surface area contributed by atoms with E-state index in [1.165, 1.54) is 0 Å². The van der Waals surface area contributed by atoms with Crippen molar-refractivity contribution in [1.29, 1.82) is 0 Å². The van der Waals surface area contributed by atoms with Crippen molar-refractivity contribution in [2.75, 3.05) is 0 Å². The van der Waals surface area contributed by atoms with Crippen molar-refractivity contribution >= 4 is 10.8 Å². The molecule has 0 aliphatic rings. The number of hydrogen-bond acceptors (Lipinski definition) is 3. The van der Waals surface area contributed by atoms with Crippen LogP contribution in [0, 0.1) is 0 Å². The van der Waals surface area contributed by atoms with Crippen LogP contribution in [-0.4, -0.2) is 19.9 Å². The Hall–Kier alpha value is -2.20. The molecule has 1 atom stereocenters. The number of nitrogens with zero attached hydrogens (tertiary/aromatic N) is 3. The van der Waals surface area contributed by atoms with E-state index < -0.39 is 6.10 Å². The molecule has 1 N–H and O–H groups in total. The molecule has 108 valence electrons. The lowest BCUT2D eigenvalue weighted by Gasteiger charge is -2.14. The maximum atomic E-state index is 10.8. The van der Waals surface area contributed by atoms with Crippen molar-refractivity contribution in [3.63, 3.8) is 0 Å². The lowest BCUT2D eigenvalue weighted by atomic mass is 10.00. The summed E-state index contributed by atoms with van der Waals surface area (Å²) in [5.41, 5.74) is 2.72. The first-order valence-corrected chi connectivity index (χ1v) is 7.32. The van der Waals surface area contributed by atoms with Crippen LogP contribution in [0.5, 0.6) is 0 Å². The Bertz CT molecular complexity index is 758. The summed E-state index contributed by atoms with van der Waals surface area (Å²) in [7, 11) is 0. The number of benzene rings is 1. The van der Waals surface area contributed by atoms with Gasteiger partial charge in [0.15, 0.2) is 0 Å². The van der Waals surface area contributed by atoms with Gasteiger partial charge in [-0.1, -0.05) is 25.1 Å². The van der Waals surface area contributed by atoms with Gasteiger partial charge in [-0.15, -0.1) is 0 Å². The fourth-order valence-electron chi connectivity index (χ4n) is 2.67. The molecule has 21 heavy (non-hydrogen) atoms. The minimum absolute atomic E-state index is 0.689. The highest BCUT2D eigenvalue weighted by Gasteiger charge is 2.18. The van der Waals surface area contributed by atoms with Crippen molar-refractivity contribution < 1.29 is 5.11 Å². The summed E-state index contributed by atoms with van der Waals surface area (Å²) in [6.07, 6.45) is 3.75. The monoisotopic (exact) mass is 281 g/mol. The van der Waals surface area contributed by atoms with E-state index in [0.29, 0.717) is 0 Å². The van der Waals surface area contributed by atoms with E-state index in [9.17, 15) is 5.11 Å². The number of aliphatic hydroxyl groups excluding tert-OH is 1. The second-order valence-corrected chi connectivity index (χ2v) is 5.08. The summed E-state index contributed by atoms with van der Waals surface area (Å²) in [4.78, 5) is 4.18. The van der Waals surface area contributed by atoms with Gasteiger partial charge in [0, 0.05) is 24.3 Å². The molecule has 0 aliphatic heterocycles. The van der Waals surface area contributed by atoms with Gasteiger partial charge in [-0.3, -0.25) is 9.67 Å². The van der Waals surface area contributed by atoms with Crippen LogP contribution in [0.4, 0.5) is 0 Å². The normalized spacial score (nSPS) is 12.7. The van der Waals surface area contributed by atoms with Gasteiger partial charge in [0.1, 0.15) is 6.10 Å². The molecule has 4 nitrogen and oxygen atoms in total. The highest BCUT2D eigenvalue weighted by molar-refractivity contribution is 5.85. The van der Waals surface area contributed by atoms with Crippen LogP contribution in [0.25, 0.3) is 10.8 Å². The zero-order valence-electron chi connectivity index (χ0n) is 12.3. The number of fused-ring (bicyclic) bond motifs is 1. The first-order valence-electron chi connectivity index (χ1n) is 7.32. The Kier molecular flexibility index (Phi) is 3.71. The number of aromatic nitrogens is 3. The molecule has 0 saturated carbocycles. The summed E-state index contributed by atoms with van der Waals surface area (Å²) in [6, 6.07) is 9.90. The van der Waals surface area contributed by atoms with Crippen molar-refractivity contribution in [3.05, 3.63) is 59.7 Å². The topological polar surface area (TPSA) is 50.9 Å². The molecule has 1 unspecified atom stereocenters. The number of hydrogen-bond donors (Lipinski definition) is 1. The minimum Gasteiger partial charge on any atom is -0.382 e. The molecule has 0 bridgehead atoms. The SMILES string of the molecule is CCc1cc(C(O)c2cccc3ccncc23)n(CC)n1. The second kappa shape index (κ2) is 5.66. The third-order valence-electron chi connectivity index (χ3n) is 3.82. The number of rotatable bonds is 4. The van der Waals surface area contributed by atoms with Gasteiger partial charge in [-0.2, -0.15) is 5.10 Å². The summed E-state index contributed by atoms with van der Waals surface area (Å²) < 4.78 is 1.87. The fraction of sp³-hybridized carbons (Fsp3) is 0.294. The first kappa shape index (κ1) is 13.8. The van der Waals surface area contributed by atoms with Crippen LogP contribution < -0.4 is 0 Å². The van der Waals surface area contributed by atoms with Crippen LogP contribution >= 0.6 is 0 Å². The van der Waals surface area contributed by atoms with Crippen LogP contribution in [0.3, 0.4) is 0 Å². The molecule has 0 amide bonds. The van der Waals surface area contributed by atoms with E-state index in [0.717, 1.165) is 40.7 Å². The quantitative estimate of drug-likeness (QED) is 0.799. The molecule has 3 rings (SSSR count). The molecule has 0 spiro atoms. The zero-order chi connectivity index (χ0) is 14.8. The van der Waals surface area contributed by atoms with E-state index in [4.69, 9.17) is 0 Å². The van der Waals surface area contributed by atoms with Crippen molar-refractivity contribution in [2.45, 2.75) is 32.9 Å². The van der Waals surface area contributed by atoms with E-state index in [1.807, 2.05) is 41.9 Å². The van der Waals surface area contributed by atoms with Crippen LogP contribution in [0.15, 0.2) is 42.7 Å². The van der Waals surface area contributed by atoms with Crippen molar-refractivity contribution in [3.8, 4) is 0 Å². The predicted octanol–water partition coefficient (Wildman–Crippen LogP) is 3.10. The van der Waals surface area contributed by atoms with Crippen molar-refractivity contribution in [1.82, 2.24) is 14.8 Å². The van der Waals surface area contributed by atoms with Gasteiger partial charge in [-0.25, -0.2) is 0 Å². The fourth-order valence-corrected chi connectivity index (χ4v) is 2.67. The average Bonchev–Trinajstić information content (AvgIpc) is 2.97. The highest BCUT2D eigenvalue weighted by Crippen LogP contribution is 2.29. The van der Waals surface area contributed by atoms with Gasteiger partial charge < -0.3 is 5.11 Å². The molecule has 0 saturated heterocycles. The Morgan fingerprint density at radius 2 is 2.10 bits per heavy atom. The van der Waals surface area contributed by atoms with Gasteiger partial charge in [0.05, 0.1) is 11.4 Å². The maximum Gasteiger partial charge on any atom is 0.121 e. The van der Waals surface area contributed by atoms with Crippen LogP contribution in [-0.2, 0) is 13.0 Å². The van der Waals surface area contributed by atoms with E-state index in [2.05, 4.69) is 17.0 Å². The van der Waals surface area contributed by atoms with Gasteiger partial charge in [0.25, 0.3) is 0 Å². The molecule has 0 radical (unpaired) electrons. The molecule has 4 heteroatoms. The Balaban J connectivity index is 2.12. The predicted molar refractivity (Wildman–Crippen MR) is 83.1 cm³/mol. The number of aliphatic hydroxyl groups is 1. The average molecular weight is 281 g/mol. The first-order chi connectivity index (χ1) is 10.2. The molecule has 2 aromatic heterocycles. The summed E-state index contributed by atoms with van der Waals surface area (Å²) in [5, 5.41) is 17.4. The Morgan fingerprint density at radius 1 is 1.24 bits per heavy atom. The number of aryl methyl sites for hydroxylation is 2. The third kappa shape index (κ3) is 2.43. The number of pyridine rings is 1.